The van der Waals surface area contributed by atoms with Crippen molar-refractivity contribution in [2.24, 2.45) is 0 Å². The summed E-state index contributed by atoms with van der Waals surface area (Å²) in [6.07, 6.45) is 1.65. The van der Waals surface area contributed by atoms with Crippen molar-refractivity contribution >= 4 is 33.2 Å². The van der Waals surface area contributed by atoms with Crippen molar-refractivity contribution in [3.8, 4) is 0 Å². The van der Waals surface area contributed by atoms with Crippen LogP contribution in [0, 0.1) is 6.92 Å². The van der Waals surface area contributed by atoms with Crippen LogP contribution in [-0.2, 0) is 0 Å². The van der Waals surface area contributed by atoms with Crippen LogP contribution in [0.15, 0.2) is 41.0 Å². The Hall–Kier alpha value is -1.88. The molecule has 21 heavy (non-hydrogen) atoms. The maximum Gasteiger partial charge on any atom is 0.270 e. The van der Waals surface area contributed by atoms with Crippen molar-refractivity contribution in [2.45, 2.75) is 26.8 Å². The van der Waals surface area contributed by atoms with Crippen molar-refractivity contribution in [3.63, 3.8) is 0 Å². The van der Waals surface area contributed by atoms with Gasteiger partial charge >= 0.3 is 0 Å². The number of aryl methyl sites for hydroxylation is 1. The lowest BCUT2D eigenvalue weighted by Gasteiger charge is -2.10. The van der Waals surface area contributed by atoms with E-state index in [-0.39, 0.29) is 11.9 Å². The normalized spacial score (nSPS) is 10.5. The number of halogens is 1. The van der Waals surface area contributed by atoms with E-state index >= 15 is 0 Å². The largest absolute Gasteiger partial charge is 0.353 e. The fourth-order valence-corrected chi connectivity index (χ4v) is 2.41. The Balaban J connectivity index is 2.10. The topological polar surface area (TPSA) is 54.0 Å². The van der Waals surface area contributed by atoms with Gasteiger partial charge in [0.1, 0.15) is 5.69 Å². The van der Waals surface area contributed by atoms with E-state index in [1.165, 1.54) is 5.56 Å². The molecule has 0 aliphatic rings. The average Bonchev–Trinajstić information content (AvgIpc) is 2.42. The number of rotatable bonds is 4. The first-order valence-corrected chi connectivity index (χ1v) is 7.55. The lowest BCUT2D eigenvalue weighted by atomic mass is 10.2. The Morgan fingerprint density at radius 2 is 2.00 bits per heavy atom. The zero-order valence-corrected chi connectivity index (χ0v) is 13.9. The molecule has 1 amide bonds. The summed E-state index contributed by atoms with van der Waals surface area (Å²) < 4.78 is 0.990. The number of hydrogen-bond donors (Lipinski definition) is 2. The summed E-state index contributed by atoms with van der Waals surface area (Å²) in [6, 6.07) is 9.72. The molecule has 0 aliphatic carbocycles. The molecule has 5 heteroatoms. The van der Waals surface area contributed by atoms with Crippen molar-refractivity contribution in [1.29, 1.82) is 0 Å². The predicted octanol–water partition coefficient (Wildman–Crippen LogP) is 4.03. The van der Waals surface area contributed by atoms with E-state index in [9.17, 15) is 4.79 Å². The number of hydrogen-bond acceptors (Lipinski definition) is 3. The number of pyridine rings is 1. The summed E-state index contributed by atoms with van der Waals surface area (Å²) in [5.74, 6) is -0.159. The van der Waals surface area contributed by atoms with Gasteiger partial charge in [0.2, 0.25) is 0 Å². The van der Waals surface area contributed by atoms with Gasteiger partial charge in [-0.2, -0.15) is 0 Å². The van der Waals surface area contributed by atoms with Crippen LogP contribution in [-0.4, -0.2) is 16.9 Å². The maximum atomic E-state index is 11.8. The smallest absolute Gasteiger partial charge is 0.270 e. The van der Waals surface area contributed by atoms with Gasteiger partial charge < -0.3 is 10.6 Å². The molecule has 0 fully saturated rings. The Morgan fingerprint density at radius 3 is 2.57 bits per heavy atom. The molecule has 0 bridgehead atoms. The average molecular weight is 348 g/mol. The molecule has 2 N–H and O–H groups in total. The number of carbonyl (C=O) groups is 1. The number of nitrogens with one attached hydrogen (secondary N) is 2. The summed E-state index contributed by atoms with van der Waals surface area (Å²) in [5.41, 5.74) is 3.39. The van der Waals surface area contributed by atoms with Crippen LogP contribution in [0.3, 0.4) is 0 Å². The van der Waals surface area contributed by atoms with E-state index < -0.39 is 0 Å². The van der Waals surface area contributed by atoms with Crippen LogP contribution >= 0.6 is 15.9 Å². The highest BCUT2D eigenvalue weighted by molar-refractivity contribution is 9.10. The Kier molecular flexibility index (Phi) is 4.96. The number of nitrogens with zero attached hydrogens (tertiary/aromatic N) is 1. The van der Waals surface area contributed by atoms with Gasteiger partial charge in [-0.15, -0.1) is 0 Å². The van der Waals surface area contributed by atoms with E-state index in [1.54, 1.807) is 12.3 Å². The third-order valence-corrected chi connectivity index (χ3v) is 3.48. The highest BCUT2D eigenvalue weighted by atomic mass is 79.9. The molecule has 0 atom stereocenters. The first kappa shape index (κ1) is 15.5. The maximum absolute atomic E-state index is 11.8. The van der Waals surface area contributed by atoms with Gasteiger partial charge in [-0.1, -0.05) is 6.07 Å². The molecule has 1 heterocycles. The lowest BCUT2D eigenvalue weighted by Crippen LogP contribution is -2.30. The van der Waals surface area contributed by atoms with E-state index in [4.69, 9.17) is 0 Å². The first-order valence-electron chi connectivity index (χ1n) is 6.76. The Morgan fingerprint density at radius 1 is 1.24 bits per heavy atom. The second kappa shape index (κ2) is 6.72. The summed E-state index contributed by atoms with van der Waals surface area (Å²) in [6.45, 7) is 5.88. The van der Waals surface area contributed by atoms with Crippen molar-refractivity contribution in [1.82, 2.24) is 10.3 Å². The second-order valence-corrected chi connectivity index (χ2v) is 6.02. The van der Waals surface area contributed by atoms with Gasteiger partial charge in [0.05, 0.1) is 17.6 Å². The summed E-state index contributed by atoms with van der Waals surface area (Å²) in [7, 11) is 0. The minimum absolute atomic E-state index is 0.0978. The standard InChI is InChI=1S/C16H18BrN3O/c1-10(2)19-16(21)15-7-5-12(9-18-15)20-14-6-4-11(3)8-13(14)17/h4-10,20H,1-3H3,(H,19,21). The van der Waals surface area contributed by atoms with E-state index in [0.717, 1.165) is 15.8 Å². The molecule has 0 aliphatic heterocycles. The van der Waals surface area contributed by atoms with Crippen LogP contribution in [0.25, 0.3) is 0 Å². The molecule has 0 saturated carbocycles. The highest BCUT2D eigenvalue weighted by Crippen LogP contribution is 2.26. The third-order valence-electron chi connectivity index (χ3n) is 2.82. The number of carbonyl (C=O) groups excluding carboxylic acids is 1. The fourth-order valence-electron chi connectivity index (χ4n) is 1.82. The summed E-state index contributed by atoms with van der Waals surface area (Å²) >= 11 is 3.52. The monoisotopic (exact) mass is 347 g/mol. The zero-order chi connectivity index (χ0) is 15.4. The van der Waals surface area contributed by atoms with Crippen LogP contribution in [0.1, 0.15) is 29.9 Å². The van der Waals surface area contributed by atoms with Gasteiger partial charge in [-0.25, -0.2) is 4.98 Å². The molecule has 1 aromatic heterocycles. The van der Waals surface area contributed by atoms with Crippen LogP contribution in [0.2, 0.25) is 0 Å². The van der Waals surface area contributed by atoms with Crippen molar-refractivity contribution in [2.75, 3.05) is 5.32 Å². The van der Waals surface area contributed by atoms with E-state index in [0.29, 0.717) is 5.69 Å². The minimum atomic E-state index is -0.159. The molecule has 0 spiro atoms. The molecule has 2 aromatic rings. The number of benzene rings is 1. The van der Waals surface area contributed by atoms with Crippen molar-refractivity contribution < 1.29 is 4.79 Å². The van der Waals surface area contributed by atoms with Crippen LogP contribution in [0.4, 0.5) is 11.4 Å². The molecule has 0 radical (unpaired) electrons. The first-order chi connectivity index (χ1) is 9.95. The molecule has 110 valence electrons. The fraction of sp³-hybridized carbons (Fsp3) is 0.250. The molecular formula is C16H18BrN3O. The number of amides is 1. The number of anilines is 2. The Labute approximate surface area is 133 Å². The summed E-state index contributed by atoms with van der Waals surface area (Å²) in [5, 5.41) is 6.08. The molecular weight excluding hydrogens is 330 g/mol. The molecule has 1 aromatic carbocycles. The van der Waals surface area contributed by atoms with Crippen LogP contribution < -0.4 is 10.6 Å². The predicted molar refractivity (Wildman–Crippen MR) is 89.0 cm³/mol. The van der Waals surface area contributed by atoms with E-state index in [2.05, 4.69) is 31.5 Å². The van der Waals surface area contributed by atoms with Gasteiger partial charge in [0.15, 0.2) is 0 Å². The van der Waals surface area contributed by atoms with Gasteiger partial charge in [-0.05, 0) is 66.5 Å². The van der Waals surface area contributed by atoms with Crippen molar-refractivity contribution in [3.05, 3.63) is 52.3 Å². The zero-order valence-electron chi connectivity index (χ0n) is 12.3. The Bertz CT molecular complexity index is 638. The number of aromatic nitrogens is 1. The SMILES string of the molecule is Cc1ccc(Nc2ccc(C(=O)NC(C)C)nc2)c(Br)c1. The second-order valence-electron chi connectivity index (χ2n) is 5.17. The molecule has 0 saturated heterocycles. The van der Waals surface area contributed by atoms with Gasteiger partial charge in [-0.3, -0.25) is 4.79 Å². The van der Waals surface area contributed by atoms with Crippen LogP contribution in [0.5, 0.6) is 0 Å². The molecule has 0 unspecified atom stereocenters. The third kappa shape index (κ3) is 4.29. The summed E-state index contributed by atoms with van der Waals surface area (Å²) in [4.78, 5) is 16.0. The quantitative estimate of drug-likeness (QED) is 0.877. The van der Waals surface area contributed by atoms with Gasteiger partial charge in [0.25, 0.3) is 5.91 Å². The van der Waals surface area contributed by atoms with E-state index in [1.807, 2.05) is 45.0 Å². The molecule has 4 nitrogen and oxygen atoms in total. The lowest BCUT2D eigenvalue weighted by molar-refractivity contribution is 0.0938. The van der Waals surface area contributed by atoms with Gasteiger partial charge in [0, 0.05) is 10.5 Å². The molecule has 2 rings (SSSR count). The minimum Gasteiger partial charge on any atom is -0.353 e. The highest BCUT2D eigenvalue weighted by Gasteiger charge is 2.08.